The summed E-state index contributed by atoms with van der Waals surface area (Å²) >= 11 is 0. The van der Waals surface area contributed by atoms with E-state index in [0.717, 1.165) is 0 Å². The number of benzene rings is 1. The normalized spacial score (nSPS) is 10.2. The molecule has 1 aromatic heterocycles. The van der Waals surface area contributed by atoms with Crippen molar-refractivity contribution in [3.63, 3.8) is 0 Å². The standard InChI is InChI=1S/C14H15N3O3/c1-8-9(2)20-17-13(8)14(19)16-12-6-4-5-11(7-12)15-10(3)18/h4-7H,1-3H3,(H,15,18)(H,16,19). The first kappa shape index (κ1) is 13.8. The van der Waals surface area contributed by atoms with Gasteiger partial charge in [-0.25, -0.2) is 0 Å². The van der Waals surface area contributed by atoms with Crippen LogP contribution in [0.5, 0.6) is 0 Å². The Labute approximate surface area is 116 Å². The first-order valence-corrected chi connectivity index (χ1v) is 6.09. The van der Waals surface area contributed by atoms with Gasteiger partial charge >= 0.3 is 0 Å². The molecule has 0 saturated heterocycles. The summed E-state index contributed by atoms with van der Waals surface area (Å²) in [5, 5.41) is 9.09. The first-order chi connectivity index (χ1) is 9.47. The molecule has 1 aromatic carbocycles. The monoisotopic (exact) mass is 273 g/mol. The van der Waals surface area contributed by atoms with Gasteiger partial charge in [0.05, 0.1) is 0 Å². The van der Waals surface area contributed by atoms with Crippen LogP contribution in [0, 0.1) is 13.8 Å². The molecule has 0 bridgehead atoms. The molecule has 0 fully saturated rings. The minimum atomic E-state index is -0.348. The van der Waals surface area contributed by atoms with Crippen LogP contribution in [0.25, 0.3) is 0 Å². The van der Waals surface area contributed by atoms with E-state index in [1.54, 1.807) is 38.1 Å². The van der Waals surface area contributed by atoms with Crippen LogP contribution in [-0.4, -0.2) is 17.0 Å². The van der Waals surface area contributed by atoms with E-state index in [2.05, 4.69) is 15.8 Å². The van der Waals surface area contributed by atoms with Crippen LogP contribution in [0.15, 0.2) is 28.8 Å². The summed E-state index contributed by atoms with van der Waals surface area (Å²) in [6.07, 6.45) is 0. The van der Waals surface area contributed by atoms with Crippen LogP contribution < -0.4 is 10.6 Å². The predicted octanol–water partition coefficient (Wildman–Crippen LogP) is 2.50. The van der Waals surface area contributed by atoms with Crippen molar-refractivity contribution in [3.05, 3.63) is 41.3 Å². The number of aryl methyl sites for hydroxylation is 1. The fourth-order valence-corrected chi connectivity index (χ4v) is 1.70. The molecule has 0 saturated carbocycles. The second kappa shape index (κ2) is 5.56. The van der Waals surface area contributed by atoms with Gasteiger partial charge in [-0.2, -0.15) is 0 Å². The zero-order valence-corrected chi connectivity index (χ0v) is 11.5. The molecular weight excluding hydrogens is 258 g/mol. The SMILES string of the molecule is CC(=O)Nc1cccc(NC(=O)c2noc(C)c2C)c1. The smallest absolute Gasteiger partial charge is 0.278 e. The van der Waals surface area contributed by atoms with Gasteiger partial charge in [0, 0.05) is 23.9 Å². The maximum absolute atomic E-state index is 12.1. The number of hydrogen-bond donors (Lipinski definition) is 2. The maximum Gasteiger partial charge on any atom is 0.278 e. The van der Waals surface area contributed by atoms with E-state index < -0.39 is 0 Å². The van der Waals surface area contributed by atoms with Gasteiger partial charge in [0.25, 0.3) is 5.91 Å². The average molecular weight is 273 g/mol. The van der Waals surface area contributed by atoms with E-state index in [1.807, 2.05) is 0 Å². The Balaban J connectivity index is 2.15. The molecule has 0 spiro atoms. The van der Waals surface area contributed by atoms with Crippen molar-refractivity contribution in [3.8, 4) is 0 Å². The lowest BCUT2D eigenvalue weighted by atomic mass is 10.2. The molecule has 6 heteroatoms. The molecule has 104 valence electrons. The zero-order valence-electron chi connectivity index (χ0n) is 11.5. The highest BCUT2D eigenvalue weighted by atomic mass is 16.5. The highest BCUT2D eigenvalue weighted by molar-refractivity contribution is 6.04. The fourth-order valence-electron chi connectivity index (χ4n) is 1.70. The molecule has 2 N–H and O–H groups in total. The largest absolute Gasteiger partial charge is 0.361 e. The quantitative estimate of drug-likeness (QED) is 0.899. The van der Waals surface area contributed by atoms with Crippen LogP contribution in [0.4, 0.5) is 11.4 Å². The Hall–Kier alpha value is -2.63. The van der Waals surface area contributed by atoms with Crippen molar-refractivity contribution in [1.29, 1.82) is 0 Å². The lowest BCUT2D eigenvalue weighted by Gasteiger charge is -2.06. The highest BCUT2D eigenvalue weighted by Gasteiger charge is 2.16. The number of amides is 2. The van der Waals surface area contributed by atoms with Crippen LogP contribution in [0.2, 0.25) is 0 Å². The van der Waals surface area contributed by atoms with Crippen molar-refractivity contribution in [2.45, 2.75) is 20.8 Å². The Morgan fingerprint density at radius 3 is 2.35 bits per heavy atom. The summed E-state index contributed by atoms with van der Waals surface area (Å²) in [6, 6.07) is 6.87. The van der Waals surface area contributed by atoms with Gasteiger partial charge in [-0.15, -0.1) is 0 Å². The van der Waals surface area contributed by atoms with E-state index in [1.165, 1.54) is 6.92 Å². The molecule has 2 aromatic rings. The van der Waals surface area contributed by atoms with Crippen LogP contribution in [0.3, 0.4) is 0 Å². The number of carbonyl (C=O) groups is 2. The minimum Gasteiger partial charge on any atom is -0.361 e. The lowest BCUT2D eigenvalue weighted by molar-refractivity contribution is -0.114. The minimum absolute atomic E-state index is 0.170. The van der Waals surface area contributed by atoms with Crippen molar-refractivity contribution in [2.24, 2.45) is 0 Å². The molecule has 20 heavy (non-hydrogen) atoms. The van der Waals surface area contributed by atoms with Crippen molar-refractivity contribution in [2.75, 3.05) is 10.6 Å². The topological polar surface area (TPSA) is 84.2 Å². The summed E-state index contributed by atoms with van der Waals surface area (Å²) in [5.74, 6) is 0.0953. The van der Waals surface area contributed by atoms with E-state index in [0.29, 0.717) is 22.7 Å². The molecule has 1 heterocycles. The van der Waals surface area contributed by atoms with Crippen LogP contribution >= 0.6 is 0 Å². The molecule has 0 atom stereocenters. The Kier molecular flexibility index (Phi) is 3.84. The molecule has 0 unspecified atom stereocenters. The zero-order chi connectivity index (χ0) is 14.7. The van der Waals surface area contributed by atoms with E-state index >= 15 is 0 Å². The number of nitrogens with one attached hydrogen (secondary N) is 2. The molecule has 0 radical (unpaired) electrons. The maximum atomic E-state index is 12.1. The first-order valence-electron chi connectivity index (χ1n) is 6.09. The molecule has 6 nitrogen and oxygen atoms in total. The molecule has 0 aliphatic carbocycles. The number of anilines is 2. The second-order valence-corrected chi connectivity index (χ2v) is 4.43. The molecule has 0 aliphatic heterocycles. The van der Waals surface area contributed by atoms with Gasteiger partial charge in [-0.3, -0.25) is 9.59 Å². The van der Waals surface area contributed by atoms with Gasteiger partial charge in [0.15, 0.2) is 5.69 Å². The third kappa shape index (κ3) is 3.03. The predicted molar refractivity (Wildman–Crippen MR) is 74.7 cm³/mol. The Morgan fingerprint density at radius 1 is 1.15 bits per heavy atom. The highest BCUT2D eigenvalue weighted by Crippen LogP contribution is 2.17. The number of hydrogen-bond acceptors (Lipinski definition) is 4. The van der Waals surface area contributed by atoms with Crippen LogP contribution in [-0.2, 0) is 4.79 Å². The van der Waals surface area contributed by atoms with Gasteiger partial charge in [-0.1, -0.05) is 11.2 Å². The van der Waals surface area contributed by atoms with E-state index in [-0.39, 0.29) is 17.5 Å². The Morgan fingerprint density at radius 2 is 1.80 bits per heavy atom. The van der Waals surface area contributed by atoms with Gasteiger partial charge in [-0.05, 0) is 32.0 Å². The van der Waals surface area contributed by atoms with Gasteiger partial charge < -0.3 is 15.2 Å². The number of rotatable bonds is 3. The average Bonchev–Trinajstić information content (AvgIpc) is 2.69. The molecule has 2 rings (SSSR count). The molecule has 2 amide bonds. The Bertz CT molecular complexity index is 661. The van der Waals surface area contributed by atoms with Gasteiger partial charge in [0.2, 0.25) is 5.91 Å². The summed E-state index contributed by atoms with van der Waals surface area (Å²) in [5.41, 5.74) is 2.15. The van der Waals surface area contributed by atoms with Crippen molar-refractivity contribution in [1.82, 2.24) is 5.16 Å². The lowest BCUT2D eigenvalue weighted by Crippen LogP contribution is -2.14. The third-order valence-corrected chi connectivity index (χ3v) is 2.81. The number of nitrogens with zero attached hydrogens (tertiary/aromatic N) is 1. The van der Waals surface area contributed by atoms with Crippen molar-refractivity contribution < 1.29 is 14.1 Å². The molecular formula is C14H15N3O3. The summed E-state index contributed by atoms with van der Waals surface area (Å²) in [4.78, 5) is 23.1. The summed E-state index contributed by atoms with van der Waals surface area (Å²) < 4.78 is 4.96. The second-order valence-electron chi connectivity index (χ2n) is 4.43. The van der Waals surface area contributed by atoms with Crippen LogP contribution in [0.1, 0.15) is 28.7 Å². The molecule has 0 aliphatic rings. The third-order valence-electron chi connectivity index (χ3n) is 2.81. The number of carbonyl (C=O) groups excluding carboxylic acids is 2. The summed E-state index contributed by atoms with van der Waals surface area (Å²) in [7, 11) is 0. The van der Waals surface area contributed by atoms with Crippen molar-refractivity contribution >= 4 is 23.2 Å². The summed E-state index contributed by atoms with van der Waals surface area (Å²) in [6.45, 7) is 4.94. The fraction of sp³-hybridized carbons (Fsp3) is 0.214. The number of aromatic nitrogens is 1. The van der Waals surface area contributed by atoms with E-state index in [9.17, 15) is 9.59 Å². The van der Waals surface area contributed by atoms with Gasteiger partial charge in [0.1, 0.15) is 5.76 Å². The van der Waals surface area contributed by atoms with E-state index in [4.69, 9.17) is 4.52 Å².